The predicted molar refractivity (Wildman–Crippen MR) is 136 cm³/mol. The number of amides is 1. The maximum Gasteiger partial charge on any atom is 0.337 e. The summed E-state index contributed by atoms with van der Waals surface area (Å²) in [4.78, 5) is 32.6. The Labute approximate surface area is 208 Å². The Kier molecular flexibility index (Phi) is 6.93. The third-order valence-corrected chi connectivity index (χ3v) is 7.26. The highest BCUT2D eigenvalue weighted by atomic mass is 32.2. The Morgan fingerprint density at radius 1 is 0.889 bits per heavy atom. The molecular weight excluding hydrogens is 478 g/mol. The van der Waals surface area contributed by atoms with Crippen LogP contribution in [0.1, 0.15) is 37.7 Å². The van der Waals surface area contributed by atoms with Crippen molar-refractivity contribution in [3.8, 4) is 11.1 Å². The topological polar surface area (TPSA) is 126 Å². The lowest BCUT2D eigenvalue weighted by Crippen LogP contribution is -2.12. The molecule has 0 spiro atoms. The molecule has 8 nitrogen and oxygen atoms in total. The number of carboxylic acid groups (broad SMARTS) is 1. The van der Waals surface area contributed by atoms with E-state index in [-0.39, 0.29) is 22.1 Å². The van der Waals surface area contributed by atoms with E-state index in [1.165, 1.54) is 18.3 Å². The van der Waals surface area contributed by atoms with Crippen molar-refractivity contribution >= 4 is 27.4 Å². The van der Waals surface area contributed by atoms with E-state index in [4.69, 9.17) is 0 Å². The summed E-state index contributed by atoms with van der Waals surface area (Å²) in [6.07, 6.45) is 2.92. The highest BCUT2D eigenvalue weighted by molar-refractivity contribution is 7.90. The van der Waals surface area contributed by atoms with E-state index in [1.807, 2.05) is 0 Å². The molecule has 2 N–H and O–H groups in total. The van der Waals surface area contributed by atoms with E-state index in [1.54, 1.807) is 74.6 Å². The number of carboxylic acids is 1. The number of aromatic nitrogens is 2. The van der Waals surface area contributed by atoms with Crippen LogP contribution in [-0.4, -0.2) is 35.4 Å². The van der Waals surface area contributed by atoms with Crippen LogP contribution < -0.4 is 5.32 Å². The summed E-state index contributed by atoms with van der Waals surface area (Å²) in [7, 11) is -3.54. The molecule has 0 saturated heterocycles. The molecule has 36 heavy (non-hydrogen) atoms. The molecule has 0 saturated carbocycles. The summed E-state index contributed by atoms with van der Waals surface area (Å²) >= 11 is 0. The van der Waals surface area contributed by atoms with Gasteiger partial charge in [-0.05, 0) is 67.4 Å². The molecule has 0 fully saturated rings. The highest BCUT2D eigenvalue weighted by Crippen LogP contribution is 2.23. The lowest BCUT2D eigenvalue weighted by molar-refractivity contribution is 0.0695. The molecule has 0 unspecified atom stereocenters. The molecule has 4 aromatic rings. The van der Waals surface area contributed by atoms with Gasteiger partial charge in [0.25, 0.3) is 5.91 Å². The van der Waals surface area contributed by atoms with Gasteiger partial charge in [0.2, 0.25) is 0 Å². The number of carbonyl (C=O) groups excluding carboxylic acids is 1. The average molecular weight is 502 g/mol. The standard InChI is InChI=1S/C27H23N3O5S/c1-17-6-11-24(15-28-17)36(34,35)16-19-7-9-23(10-8-19)30-26(31)21-5-3-4-20(12-21)22-13-25(27(32)33)18(2)29-14-22/h3-15H,16H2,1-2H3,(H,30,31)(H,32,33). The number of aromatic carboxylic acids is 1. The van der Waals surface area contributed by atoms with Crippen molar-refractivity contribution in [2.24, 2.45) is 0 Å². The second kappa shape index (κ2) is 10.1. The van der Waals surface area contributed by atoms with Gasteiger partial charge in [0.1, 0.15) is 0 Å². The van der Waals surface area contributed by atoms with Gasteiger partial charge in [0, 0.05) is 34.9 Å². The normalized spacial score (nSPS) is 11.2. The summed E-state index contributed by atoms with van der Waals surface area (Å²) in [5.41, 5.74) is 3.95. The molecule has 2 aromatic heterocycles. The minimum Gasteiger partial charge on any atom is -0.478 e. The van der Waals surface area contributed by atoms with E-state index < -0.39 is 15.8 Å². The first kappa shape index (κ1) is 24.7. The minimum absolute atomic E-state index is 0.100. The summed E-state index contributed by atoms with van der Waals surface area (Å²) in [5.74, 6) is -1.61. The van der Waals surface area contributed by atoms with Crippen LogP contribution in [0.25, 0.3) is 11.1 Å². The molecule has 0 aliphatic carbocycles. The molecule has 0 atom stereocenters. The number of pyridine rings is 2. The highest BCUT2D eigenvalue weighted by Gasteiger charge is 2.16. The lowest BCUT2D eigenvalue weighted by Gasteiger charge is -2.09. The number of sulfone groups is 1. The SMILES string of the molecule is Cc1ccc(S(=O)(=O)Cc2ccc(NC(=O)c3cccc(-c4cnc(C)c(C(=O)O)c4)c3)cc2)cn1. The summed E-state index contributed by atoms with van der Waals surface area (Å²) in [5, 5.41) is 12.1. The fraction of sp³-hybridized carbons (Fsp3) is 0.111. The summed E-state index contributed by atoms with van der Waals surface area (Å²) in [6, 6.07) is 18.1. The molecule has 0 radical (unpaired) electrons. The number of carbonyl (C=O) groups is 2. The summed E-state index contributed by atoms with van der Waals surface area (Å²) < 4.78 is 25.3. The smallest absolute Gasteiger partial charge is 0.337 e. The number of benzene rings is 2. The zero-order valence-corrected chi connectivity index (χ0v) is 20.4. The van der Waals surface area contributed by atoms with Crippen molar-refractivity contribution in [2.45, 2.75) is 24.5 Å². The molecule has 4 rings (SSSR count). The van der Waals surface area contributed by atoms with Crippen LogP contribution in [0.3, 0.4) is 0 Å². The zero-order chi connectivity index (χ0) is 25.9. The van der Waals surface area contributed by atoms with Crippen molar-refractivity contribution in [3.63, 3.8) is 0 Å². The molecular formula is C27H23N3O5S. The Hall–Kier alpha value is -4.37. The van der Waals surface area contributed by atoms with Crippen LogP contribution in [0.5, 0.6) is 0 Å². The van der Waals surface area contributed by atoms with Crippen molar-refractivity contribution in [1.82, 2.24) is 9.97 Å². The molecule has 182 valence electrons. The number of anilines is 1. The van der Waals surface area contributed by atoms with E-state index in [2.05, 4.69) is 15.3 Å². The van der Waals surface area contributed by atoms with Gasteiger partial charge < -0.3 is 10.4 Å². The molecule has 1 amide bonds. The van der Waals surface area contributed by atoms with Gasteiger partial charge in [-0.3, -0.25) is 14.8 Å². The fourth-order valence-electron chi connectivity index (χ4n) is 3.58. The molecule has 2 aromatic carbocycles. The lowest BCUT2D eigenvalue weighted by atomic mass is 10.0. The van der Waals surface area contributed by atoms with Crippen molar-refractivity contribution < 1.29 is 23.1 Å². The Morgan fingerprint density at radius 2 is 1.64 bits per heavy atom. The second-order valence-electron chi connectivity index (χ2n) is 8.29. The van der Waals surface area contributed by atoms with E-state index in [0.717, 1.165) is 5.69 Å². The Morgan fingerprint density at radius 3 is 2.31 bits per heavy atom. The number of hydrogen-bond donors (Lipinski definition) is 2. The van der Waals surface area contributed by atoms with Crippen LogP contribution >= 0.6 is 0 Å². The first-order chi connectivity index (χ1) is 17.1. The van der Waals surface area contributed by atoms with Crippen molar-refractivity contribution in [1.29, 1.82) is 0 Å². The largest absolute Gasteiger partial charge is 0.478 e. The molecule has 0 aliphatic rings. The molecule has 9 heteroatoms. The van der Waals surface area contributed by atoms with E-state index in [9.17, 15) is 23.1 Å². The van der Waals surface area contributed by atoms with Crippen molar-refractivity contribution in [3.05, 3.63) is 107 Å². The molecule has 0 aliphatic heterocycles. The first-order valence-electron chi connectivity index (χ1n) is 11.0. The maximum atomic E-state index is 12.8. The quantitative estimate of drug-likeness (QED) is 0.376. The number of nitrogens with one attached hydrogen (secondary N) is 1. The number of aryl methyl sites for hydroxylation is 2. The van der Waals surface area contributed by atoms with Crippen LogP contribution in [0.15, 0.2) is 84.0 Å². The third kappa shape index (κ3) is 5.64. The second-order valence-corrected chi connectivity index (χ2v) is 10.3. The summed E-state index contributed by atoms with van der Waals surface area (Å²) in [6.45, 7) is 3.41. The van der Waals surface area contributed by atoms with Gasteiger partial charge in [-0.25, -0.2) is 13.2 Å². The van der Waals surface area contributed by atoms with Gasteiger partial charge in [0.05, 0.1) is 21.9 Å². The first-order valence-corrected chi connectivity index (χ1v) is 12.6. The number of nitrogens with zero attached hydrogens (tertiary/aromatic N) is 2. The third-order valence-electron chi connectivity index (χ3n) is 5.59. The Bertz CT molecular complexity index is 1550. The monoisotopic (exact) mass is 501 g/mol. The van der Waals surface area contributed by atoms with Crippen molar-refractivity contribution in [2.75, 3.05) is 5.32 Å². The Balaban J connectivity index is 1.47. The van der Waals surface area contributed by atoms with Crippen LogP contribution in [0.2, 0.25) is 0 Å². The van der Waals surface area contributed by atoms with E-state index >= 15 is 0 Å². The van der Waals surface area contributed by atoms with Gasteiger partial charge in [-0.2, -0.15) is 0 Å². The van der Waals surface area contributed by atoms with E-state index in [0.29, 0.717) is 33.6 Å². The van der Waals surface area contributed by atoms with Crippen LogP contribution in [-0.2, 0) is 15.6 Å². The molecule has 2 heterocycles. The van der Waals surface area contributed by atoms with Gasteiger partial charge >= 0.3 is 5.97 Å². The van der Waals surface area contributed by atoms with Gasteiger partial charge in [0.15, 0.2) is 9.84 Å². The van der Waals surface area contributed by atoms with Crippen LogP contribution in [0, 0.1) is 13.8 Å². The molecule has 0 bridgehead atoms. The number of hydrogen-bond acceptors (Lipinski definition) is 6. The predicted octanol–water partition coefficient (Wildman–Crippen LogP) is 4.68. The average Bonchev–Trinajstić information content (AvgIpc) is 2.85. The van der Waals surface area contributed by atoms with Gasteiger partial charge in [-0.1, -0.05) is 24.3 Å². The fourth-order valence-corrected chi connectivity index (χ4v) is 4.86. The zero-order valence-electron chi connectivity index (χ0n) is 19.6. The van der Waals surface area contributed by atoms with Gasteiger partial charge in [-0.15, -0.1) is 0 Å². The number of rotatable bonds is 7. The maximum absolute atomic E-state index is 12.8. The van der Waals surface area contributed by atoms with Crippen LogP contribution in [0.4, 0.5) is 5.69 Å². The minimum atomic E-state index is -3.54.